The zero-order valence-electron chi connectivity index (χ0n) is 17.3. The van der Waals surface area contributed by atoms with Gasteiger partial charge < -0.3 is 26.0 Å². The summed E-state index contributed by atoms with van der Waals surface area (Å²) in [5, 5.41) is 7.18. The molecule has 1 saturated heterocycles. The zero-order chi connectivity index (χ0) is 21.1. The third-order valence-electron chi connectivity index (χ3n) is 5.37. The van der Waals surface area contributed by atoms with Crippen LogP contribution in [0.2, 0.25) is 0 Å². The average Bonchev–Trinajstić information content (AvgIpc) is 3.10. The maximum atomic E-state index is 12.7. The second kappa shape index (κ2) is 8.89. The van der Waals surface area contributed by atoms with E-state index in [0.29, 0.717) is 23.5 Å². The van der Waals surface area contributed by atoms with E-state index in [1.165, 1.54) is 17.0 Å². The summed E-state index contributed by atoms with van der Waals surface area (Å²) in [6.45, 7) is 6.39. The largest absolute Gasteiger partial charge is 0.496 e. The van der Waals surface area contributed by atoms with Crippen LogP contribution >= 0.6 is 11.3 Å². The number of thiophene rings is 1. The number of methoxy groups -OCH3 is 1. The summed E-state index contributed by atoms with van der Waals surface area (Å²) >= 11 is 1.33. The van der Waals surface area contributed by atoms with Crippen LogP contribution in [0, 0.1) is 6.92 Å². The fraction of sp³-hybridized carbons (Fsp3) is 0.364. The van der Waals surface area contributed by atoms with Gasteiger partial charge >= 0.3 is 0 Å². The Morgan fingerprint density at radius 2 is 2.10 bits per heavy atom. The third-order valence-corrected chi connectivity index (χ3v) is 6.49. The molecule has 1 amide bonds. The van der Waals surface area contributed by atoms with Crippen LogP contribution in [0.4, 0.5) is 11.4 Å². The van der Waals surface area contributed by atoms with Gasteiger partial charge in [0.15, 0.2) is 0 Å². The quantitative estimate of drug-likeness (QED) is 0.562. The number of piperazine rings is 1. The van der Waals surface area contributed by atoms with Gasteiger partial charge in [0.05, 0.1) is 12.8 Å². The minimum Gasteiger partial charge on any atom is -0.496 e. The number of aromatic nitrogens is 1. The number of pyridine rings is 1. The summed E-state index contributed by atoms with van der Waals surface area (Å²) in [5.41, 5.74) is 9.83. The van der Waals surface area contributed by atoms with Crippen molar-refractivity contribution in [2.24, 2.45) is 0 Å². The first-order chi connectivity index (χ1) is 14.6. The molecule has 158 valence electrons. The lowest BCUT2D eigenvalue weighted by atomic mass is 10.1. The number of carbonyl (C=O) groups excluding carboxylic acids is 1. The lowest BCUT2D eigenvalue weighted by Gasteiger charge is -2.30. The van der Waals surface area contributed by atoms with E-state index < -0.39 is 0 Å². The van der Waals surface area contributed by atoms with Crippen molar-refractivity contribution in [3.63, 3.8) is 0 Å². The number of ether oxygens (including phenoxy) is 1. The van der Waals surface area contributed by atoms with Gasteiger partial charge in [-0.05, 0) is 37.1 Å². The number of nitrogen functional groups attached to an aromatic ring is 1. The Kier molecular flexibility index (Phi) is 6.06. The summed E-state index contributed by atoms with van der Waals surface area (Å²) in [6, 6.07) is 10.1. The molecule has 8 heteroatoms. The number of aryl methyl sites for hydroxylation is 1. The first-order valence-corrected chi connectivity index (χ1v) is 10.9. The number of nitrogens with zero attached hydrogens (tertiary/aromatic N) is 2. The van der Waals surface area contributed by atoms with E-state index in [1.807, 2.05) is 19.1 Å². The molecule has 1 fully saturated rings. The second-order valence-electron chi connectivity index (χ2n) is 7.39. The van der Waals surface area contributed by atoms with Crippen LogP contribution in [0.25, 0.3) is 10.2 Å². The molecule has 1 aliphatic rings. The van der Waals surface area contributed by atoms with Crippen LogP contribution in [0.5, 0.6) is 5.75 Å². The third kappa shape index (κ3) is 4.20. The normalized spacial score (nSPS) is 14.1. The molecule has 4 rings (SSSR count). The number of amides is 1. The van der Waals surface area contributed by atoms with Gasteiger partial charge in [-0.1, -0.05) is 6.07 Å². The number of carbonyl (C=O) groups is 1. The molecule has 1 aromatic carbocycles. The number of rotatable bonds is 6. The molecule has 0 saturated carbocycles. The molecule has 0 unspecified atom stereocenters. The van der Waals surface area contributed by atoms with Crippen LogP contribution in [-0.2, 0) is 6.42 Å². The Morgan fingerprint density at radius 3 is 2.87 bits per heavy atom. The number of nitrogens with one attached hydrogen (secondary N) is 2. The number of fused-ring (bicyclic) bond motifs is 1. The highest BCUT2D eigenvalue weighted by Crippen LogP contribution is 2.32. The zero-order valence-corrected chi connectivity index (χ0v) is 18.1. The predicted molar refractivity (Wildman–Crippen MR) is 123 cm³/mol. The van der Waals surface area contributed by atoms with Crippen molar-refractivity contribution in [2.75, 3.05) is 50.5 Å². The minimum atomic E-state index is -0.162. The second-order valence-corrected chi connectivity index (χ2v) is 8.39. The lowest BCUT2D eigenvalue weighted by Crippen LogP contribution is -2.43. The maximum Gasteiger partial charge on any atom is 0.263 e. The molecule has 7 nitrogen and oxygen atoms in total. The van der Waals surface area contributed by atoms with Gasteiger partial charge in [0, 0.05) is 55.6 Å². The van der Waals surface area contributed by atoms with Crippen LogP contribution in [0.1, 0.15) is 20.9 Å². The number of anilines is 2. The highest BCUT2D eigenvalue weighted by molar-refractivity contribution is 7.21. The summed E-state index contributed by atoms with van der Waals surface area (Å²) in [5.74, 6) is 0.686. The Bertz CT molecular complexity index is 1060. The van der Waals surface area contributed by atoms with Crippen molar-refractivity contribution in [2.45, 2.75) is 13.3 Å². The van der Waals surface area contributed by atoms with E-state index in [0.717, 1.165) is 53.4 Å². The van der Waals surface area contributed by atoms with E-state index in [-0.39, 0.29) is 5.91 Å². The maximum absolute atomic E-state index is 12.7. The summed E-state index contributed by atoms with van der Waals surface area (Å²) in [7, 11) is 1.69. The van der Waals surface area contributed by atoms with E-state index in [2.05, 4.69) is 38.7 Å². The molecule has 0 radical (unpaired) electrons. The Labute approximate surface area is 180 Å². The van der Waals surface area contributed by atoms with Crippen LogP contribution in [-0.4, -0.2) is 50.7 Å². The fourth-order valence-corrected chi connectivity index (χ4v) is 4.76. The van der Waals surface area contributed by atoms with Crippen LogP contribution in [0.15, 0.2) is 30.3 Å². The Morgan fingerprint density at radius 1 is 1.30 bits per heavy atom. The molecular weight excluding hydrogens is 398 g/mol. The van der Waals surface area contributed by atoms with Crippen molar-refractivity contribution in [1.29, 1.82) is 0 Å². The minimum absolute atomic E-state index is 0.162. The van der Waals surface area contributed by atoms with Crippen LogP contribution < -0.4 is 26.0 Å². The monoisotopic (exact) mass is 425 g/mol. The van der Waals surface area contributed by atoms with Gasteiger partial charge in [-0.3, -0.25) is 4.79 Å². The summed E-state index contributed by atoms with van der Waals surface area (Å²) in [6.07, 6.45) is 0.679. The van der Waals surface area contributed by atoms with Crippen molar-refractivity contribution in [1.82, 2.24) is 15.6 Å². The van der Waals surface area contributed by atoms with Crippen molar-refractivity contribution in [3.8, 4) is 5.75 Å². The van der Waals surface area contributed by atoms with Gasteiger partial charge in [-0.25, -0.2) is 4.98 Å². The van der Waals surface area contributed by atoms with Gasteiger partial charge in [0.2, 0.25) is 0 Å². The van der Waals surface area contributed by atoms with Crippen molar-refractivity contribution >= 4 is 38.8 Å². The first-order valence-electron chi connectivity index (χ1n) is 10.1. The molecular formula is C22H27N5O2S. The molecule has 0 atom stereocenters. The number of nitrogens with two attached hydrogens (primary N) is 1. The van der Waals surface area contributed by atoms with Gasteiger partial charge in [0.25, 0.3) is 5.91 Å². The van der Waals surface area contributed by atoms with Gasteiger partial charge in [0.1, 0.15) is 15.5 Å². The smallest absolute Gasteiger partial charge is 0.263 e. The lowest BCUT2D eigenvalue weighted by molar-refractivity contribution is 0.0959. The van der Waals surface area contributed by atoms with Crippen molar-refractivity contribution in [3.05, 3.63) is 46.5 Å². The van der Waals surface area contributed by atoms with E-state index in [9.17, 15) is 4.79 Å². The molecule has 0 aliphatic carbocycles. The van der Waals surface area contributed by atoms with E-state index in [4.69, 9.17) is 10.5 Å². The average molecular weight is 426 g/mol. The highest BCUT2D eigenvalue weighted by Gasteiger charge is 2.17. The highest BCUT2D eigenvalue weighted by atomic mass is 32.1. The summed E-state index contributed by atoms with van der Waals surface area (Å²) < 4.78 is 5.61. The molecule has 4 N–H and O–H groups in total. The Hall–Kier alpha value is -2.84. The molecule has 30 heavy (non-hydrogen) atoms. The predicted octanol–water partition coefficient (Wildman–Crippen LogP) is 2.58. The molecule has 1 aliphatic heterocycles. The molecule has 2 aromatic heterocycles. The number of benzene rings is 1. The molecule has 3 aromatic rings. The summed E-state index contributed by atoms with van der Waals surface area (Å²) in [4.78, 5) is 20.8. The standard InChI is InChI=1S/C22H27N5O2S/c1-14-3-6-17-19(23)20(30-22(17)26-14)21(28)25-8-7-15-4-5-16(13-18(15)29-2)27-11-9-24-10-12-27/h3-6,13,24H,7-12,23H2,1-2H3,(H,25,28). The van der Waals surface area contributed by atoms with E-state index >= 15 is 0 Å². The van der Waals surface area contributed by atoms with Crippen molar-refractivity contribution < 1.29 is 9.53 Å². The Balaban J connectivity index is 1.41. The molecule has 0 spiro atoms. The van der Waals surface area contributed by atoms with E-state index in [1.54, 1.807) is 7.11 Å². The molecule has 3 heterocycles. The van der Waals surface area contributed by atoms with Gasteiger partial charge in [-0.2, -0.15) is 0 Å². The number of hydrogen-bond donors (Lipinski definition) is 3. The molecule has 0 bridgehead atoms. The first kappa shape index (κ1) is 20.4. The fourth-order valence-electron chi connectivity index (χ4n) is 3.71. The van der Waals surface area contributed by atoms with Crippen LogP contribution in [0.3, 0.4) is 0 Å². The van der Waals surface area contributed by atoms with Gasteiger partial charge in [-0.15, -0.1) is 11.3 Å². The topological polar surface area (TPSA) is 92.5 Å². The SMILES string of the molecule is COc1cc(N2CCNCC2)ccc1CCNC(=O)c1sc2nc(C)ccc2c1N. The number of hydrogen-bond acceptors (Lipinski definition) is 7.